The van der Waals surface area contributed by atoms with Crippen LogP contribution in [-0.2, 0) is 23.0 Å². The maximum Gasteiger partial charge on any atom is 0.285 e. The Morgan fingerprint density at radius 2 is 1.72 bits per heavy atom. The first-order chi connectivity index (χ1) is 17.1. The molecule has 9 nitrogen and oxygen atoms in total. The van der Waals surface area contributed by atoms with E-state index < -0.39 is 15.9 Å². The van der Waals surface area contributed by atoms with Crippen LogP contribution in [0, 0.1) is 0 Å². The molecule has 1 N–H and O–H groups in total. The lowest BCUT2D eigenvalue weighted by atomic mass is 10.1. The fourth-order valence-corrected chi connectivity index (χ4v) is 5.04. The van der Waals surface area contributed by atoms with Gasteiger partial charge in [0.1, 0.15) is 20.8 Å². The highest BCUT2D eigenvalue weighted by atomic mass is 35.5. The molecule has 0 spiro atoms. The molecule has 192 valence electrons. The predicted octanol–water partition coefficient (Wildman–Crippen LogP) is 3.78. The highest BCUT2D eigenvalue weighted by Gasteiger charge is 2.23. The minimum atomic E-state index is -3.78. The zero-order valence-corrected chi connectivity index (χ0v) is 22.4. The number of rotatable bonds is 11. The van der Waals surface area contributed by atoms with E-state index in [1.54, 1.807) is 23.1 Å². The number of benzene rings is 2. The van der Waals surface area contributed by atoms with E-state index in [9.17, 15) is 18.0 Å². The normalized spacial score (nSPS) is 11.1. The number of nitrogens with one attached hydrogen (secondary N) is 1. The molecule has 0 unspecified atom stereocenters. The van der Waals surface area contributed by atoms with Gasteiger partial charge in [-0.3, -0.25) is 9.59 Å². The average Bonchev–Trinajstić information content (AvgIpc) is 3.22. The molecule has 3 rings (SSSR count). The summed E-state index contributed by atoms with van der Waals surface area (Å²) in [5.41, 5.74) is 1.30. The van der Waals surface area contributed by atoms with Gasteiger partial charge in [0.05, 0.1) is 27.0 Å². The molecule has 0 atom stereocenters. The van der Waals surface area contributed by atoms with Gasteiger partial charge in [-0.25, -0.2) is 18.1 Å². The quantitative estimate of drug-likeness (QED) is 0.385. The van der Waals surface area contributed by atoms with Gasteiger partial charge in [-0.15, -0.1) is 11.3 Å². The molecule has 0 bridgehead atoms. The van der Waals surface area contributed by atoms with Gasteiger partial charge in [-0.1, -0.05) is 41.9 Å². The molecule has 2 aromatic carbocycles. The maximum atomic E-state index is 13.5. The Bertz CT molecular complexity index is 1310. The molecular weight excluding hydrogens is 526 g/mol. The first-order valence-corrected chi connectivity index (χ1v) is 13.9. The first-order valence-electron chi connectivity index (χ1n) is 10.8. The van der Waals surface area contributed by atoms with Gasteiger partial charge in [0.25, 0.3) is 11.8 Å². The number of carbonyl (C=O) groups is 2. The highest BCUT2D eigenvalue weighted by molar-refractivity contribution is 7.89. The number of halogens is 1. The number of aryl methyl sites for hydroxylation is 1. The van der Waals surface area contributed by atoms with Gasteiger partial charge in [0.2, 0.25) is 10.0 Å². The molecule has 36 heavy (non-hydrogen) atoms. The molecule has 0 saturated carbocycles. The number of carbonyl (C=O) groups excluding carboxylic acids is 2. The topological polar surface area (TPSA) is 115 Å². The van der Waals surface area contributed by atoms with E-state index in [0.29, 0.717) is 35.0 Å². The molecular formula is C24H26ClN3O6S2. The summed E-state index contributed by atoms with van der Waals surface area (Å²) in [6, 6.07) is 14.8. The van der Waals surface area contributed by atoms with E-state index in [2.05, 4.69) is 4.98 Å². The lowest BCUT2D eigenvalue weighted by molar-refractivity contribution is 0.0740. The summed E-state index contributed by atoms with van der Waals surface area (Å²) in [5, 5.41) is 0.390. The Labute approximate surface area is 219 Å². The van der Waals surface area contributed by atoms with Crippen molar-refractivity contribution in [3.8, 4) is 11.5 Å². The number of amides is 2. The molecule has 12 heteroatoms. The van der Waals surface area contributed by atoms with Crippen LogP contribution in [0.15, 0.2) is 48.5 Å². The number of ether oxygens (including phenoxy) is 2. The second kappa shape index (κ2) is 12.2. The third kappa shape index (κ3) is 7.67. The lowest BCUT2D eigenvalue weighted by Crippen LogP contribution is -2.32. The van der Waals surface area contributed by atoms with Crippen molar-refractivity contribution in [2.24, 2.45) is 0 Å². The second-order valence-electron chi connectivity index (χ2n) is 7.85. The van der Waals surface area contributed by atoms with Crippen LogP contribution in [0.3, 0.4) is 0 Å². The zero-order valence-electron chi connectivity index (χ0n) is 20.0. The molecule has 0 saturated heterocycles. The molecule has 3 aromatic rings. The van der Waals surface area contributed by atoms with Gasteiger partial charge in [0, 0.05) is 18.2 Å². The van der Waals surface area contributed by atoms with Crippen molar-refractivity contribution in [1.82, 2.24) is 14.6 Å². The van der Waals surface area contributed by atoms with Crippen molar-refractivity contribution >= 4 is 44.8 Å². The molecule has 2 amide bonds. The van der Waals surface area contributed by atoms with Gasteiger partial charge in [0.15, 0.2) is 5.69 Å². The standard InChI is InChI=1S/C24H26ClN3O6S2/c1-33-18-12-17(13-19(14-18)34-2)24(30)28(11-7-10-16-8-5-4-6-9-16)15-20-26-21(22(25)35-20)23(29)27-36(3,31)32/h4-6,8-9,12-14H,7,10-11,15H2,1-3H3,(H,27,29). The number of thiazole rings is 1. The summed E-state index contributed by atoms with van der Waals surface area (Å²) in [4.78, 5) is 31.6. The Morgan fingerprint density at radius 3 is 2.31 bits per heavy atom. The molecule has 0 radical (unpaired) electrons. The van der Waals surface area contributed by atoms with Gasteiger partial charge in [-0.05, 0) is 30.5 Å². The summed E-state index contributed by atoms with van der Waals surface area (Å²) >= 11 is 7.19. The van der Waals surface area contributed by atoms with E-state index >= 15 is 0 Å². The maximum absolute atomic E-state index is 13.5. The van der Waals surface area contributed by atoms with E-state index in [1.165, 1.54) is 14.2 Å². The fourth-order valence-electron chi connectivity index (χ4n) is 3.42. The van der Waals surface area contributed by atoms with E-state index in [0.717, 1.165) is 29.6 Å². The first kappa shape index (κ1) is 27.4. The van der Waals surface area contributed by atoms with Gasteiger partial charge >= 0.3 is 0 Å². The van der Waals surface area contributed by atoms with Crippen LogP contribution in [0.25, 0.3) is 0 Å². The van der Waals surface area contributed by atoms with Crippen LogP contribution in [0.4, 0.5) is 0 Å². The minimum absolute atomic E-state index is 0.0332. The molecule has 1 heterocycles. The van der Waals surface area contributed by atoms with Crippen LogP contribution < -0.4 is 14.2 Å². The molecule has 0 aliphatic heterocycles. The Balaban J connectivity index is 1.86. The average molecular weight is 552 g/mol. The van der Waals surface area contributed by atoms with Crippen LogP contribution in [0.5, 0.6) is 11.5 Å². The number of methoxy groups -OCH3 is 2. The summed E-state index contributed by atoms with van der Waals surface area (Å²) < 4.78 is 35.3. The van der Waals surface area contributed by atoms with Gasteiger partial charge in [-0.2, -0.15) is 0 Å². The Kier molecular flexibility index (Phi) is 9.30. The zero-order chi connectivity index (χ0) is 26.3. The lowest BCUT2D eigenvalue weighted by Gasteiger charge is -2.22. The molecule has 0 aliphatic rings. The Hall–Kier alpha value is -3.15. The third-order valence-corrected chi connectivity index (χ3v) is 6.87. The van der Waals surface area contributed by atoms with Crippen molar-refractivity contribution in [2.45, 2.75) is 19.4 Å². The monoisotopic (exact) mass is 551 g/mol. The molecule has 0 aliphatic carbocycles. The fraction of sp³-hybridized carbons (Fsp3) is 0.292. The van der Waals surface area contributed by atoms with Gasteiger partial charge < -0.3 is 14.4 Å². The number of hydrogen-bond donors (Lipinski definition) is 1. The van der Waals surface area contributed by atoms with Crippen LogP contribution in [-0.4, -0.2) is 57.1 Å². The van der Waals surface area contributed by atoms with E-state index in [4.69, 9.17) is 21.1 Å². The summed E-state index contributed by atoms with van der Waals surface area (Å²) in [7, 11) is -0.782. The SMILES string of the molecule is COc1cc(OC)cc(C(=O)N(CCCc2ccccc2)Cc2nc(C(=O)NS(C)(=O)=O)c(Cl)s2)c1. The molecule has 0 fully saturated rings. The molecule has 1 aromatic heterocycles. The van der Waals surface area contributed by atoms with Crippen LogP contribution >= 0.6 is 22.9 Å². The Morgan fingerprint density at radius 1 is 1.08 bits per heavy atom. The smallest absolute Gasteiger partial charge is 0.285 e. The summed E-state index contributed by atoms with van der Waals surface area (Å²) in [6.45, 7) is 0.471. The van der Waals surface area contributed by atoms with Crippen molar-refractivity contribution < 1.29 is 27.5 Å². The van der Waals surface area contributed by atoms with Crippen molar-refractivity contribution in [3.63, 3.8) is 0 Å². The predicted molar refractivity (Wildman–Crippen MR) is 138 cm³/mol. The number of aromatic nitrogens is 1. The largest absolute Gasteiger partial charge is 0.497 e. The minimum Gasteiger partial charge on any atom is -0.497 e. The van der Waals surface area contributed by atoms with Crippen LogP contribution in [0.1, 0.15) is 37.8 Å². The summed E-state index contributed by atoms with van der Waals surface area (Å²) in [6.07, 6.45) is 2.30. The van der Waals surface area contributed by atoms with Crippen LogP contribution in [0.2, 0.25) is 4.34 Å². The second-order valence-corrected chi connectivity index (χ2v) is 11.3. The third-order valence-electron chi connectivity index (χ3n) is 5.07. The van der Waals surface area contributed by atoms with Crippen molar-refractivity contribution in [2.75, 3.05) is 27.0 Å². The number of nitrogens with zero attached hydrogens (tertiary/aromatic N) is 2. The number of hydrogen-bond acceptors (Lipinski definition) is 8. The van der Waals surface area contributed by atoms with E-state index in [-0.39, 0.29) is 22.5 Å². The van der Waals surface area contributed by atoms with Crippen molar-refractivity contribution in [3.05, 3.63) is 74.7 Å². The number of sulfonamides is 1. The van der Waals surface area contributed by atoms with E-state index in [1.807, 2.05) is 35.1 Å². The summed E-state index contributed by atoms with van der Waals surface area (Å²) in [5.74, 6) is -0.267. The van der Waals surface area contributed by atoms with Crippen molar-refractivity contribution in [1.29, 1.82) is 0 Å². The highest BCUT2D eigenvalue weighted by Crippen LogP contribution is 2.28.